The quantitative estimate of drug-likeness (QED) is 0.543. The van der Waals surface area contributed by atoms with Gasteiger partial charge in [-0.25, -0.2) is 10.8 Å². The molecule has 5 heteroatoms. The molecule has 5 nitrogen and oxygen atoms in total. The number of nitrogens with zero attached hydrogens (tertiary/aromatic N) is 3. The van der Waals surface area contributed by atoms with Crippen LogP contribution < -0.4 is 11.3 Å². The number of nitrogens with one attached hydrogen (secondary N) is 1. The third-order valence-corrected chi connectivity index (χ3v) is 3.11. The number of benzene rings is 1. The zero-order valence-corrected chi connectivity index (χ0v) is 10.9. The van der Waals surface area contributed by atoms with Crippen LogP contribution in [-0.4, -0.2) is 14.6 Å². The highest BCUT2D eigenvalue weighted by atomic mass is 15.4. The normalized spacial score (nSPS) is 10.9. The summed E-state index contributed by atoms with van der Waals surface area (Å²) in [5, 5.41) is 4.34. The van der Waals surface area contributed by atoms with Crippen molar-refractivity contribution in [1.82, 2.24) is 14.6 Å². The van der Waals surface area contributed by atoms with Gasteiger partial charge in [0.2, 0.25) is 0 Å². The van der Waals surface area contributed by atoms with Gasteiger partial charge in [-0.2, -0.15) is 9.61 Å². The minimum Gasteiger partial charge on any atom is -0.308 e. The molecule has 0 aliphatic rings. The average molecular weight is 253 g/mol. The van der Waals surface area contributed by atoms with Crippen LogP contribution in [0.5, 0.6) is 0 Å². The Hall–Kier alpha value is -2.40. The van der Waals surface area contributed by atoms with Crippen LogP contribution >= 0.6 is 0 Å². The van der Waals surface area contributed by atoms with Crippen molar-refractivity contribution in [2.45, 2.75) is 13.8 Å². The van der Waals surface area contributed by atoms with Crippen molar-refractivity contribution < 1.29 is 0 Å². The van der Waals surface area contributed by atoms with Gasteiger partial charge in [-0.1, -0.05) is 29.8 Å². The summed E-state index contributed by atoms with van der Waals surface area (Å²) in [6.45, 7) is 4.01. The number of rotatable bonds is 2. The van der Waals surface area contributed by atoms with E-state index in [-0.39, 0.29) is 0 Å². The number of hydrogen-bond donors (Lipinski definition) is 2. The van der Waals surface area contributed by atoms with E-state index in [1.165, 1.54) is 5.56 Å². The van der Waals surface area contributed by atoms with Gasteiger partial charge >= 0.3 is 0 Å². The molecular weight excluding hydrogens is 238 g/mol. The lowest BCUT2D eigenvalue weighted by Gasteiger charge is -2.05. The Morgan fingerprint density at radius 3 is 2.58 bits per heavy atom. The maximum Gasteiger partial charge on any atom is 0.165 e. The Morgan fingerprint density at radius 2 is 1.89 bits per heavy atom. The van der Waals surface area contributed by atoms with Gasteiger partial charge in [-0.15, -0.1) is 0 Å². The van der Waals surface area contributed by atoms with Crippen LogP contribution in [0.25, 0.3) is 16.8 Å². The van der Waals surface area contributed by atoms with Crippen molar-refractivity contribution in [2.24, 2.45) is 5.84 Å². The van der Waals surface area contributed by atoms with E-state index in [2.05, 4.69) is 46.7 Å². The number of nitrogens with two attached hydrogens (primary N) is 1. The first-order chi connectivity index (χ1) is 9.19. The first-order valence-corrected chi connectivity index (χ1v) is 6.08. The van der Waals surface area contributed by atoms with Gasteiger partial charge in [0.25, 0.3) is 0 Å². The van der Waals surface area contributed by atoms with Crippen molar-refractivity contribution >= 4 is 11.5 Å². The maximum atomic E-state index is 5.51. The van der Waals surface area contributed by atoms with Crippen molar-refractivity contribution in [1.29, 1.82) is 0 Å². The Morgan fingerprint density at radius 1 is 1.16 bits per heavy atom. The van der Waals surface area contributed by atoms with E-state index in [0.29, 0.717) is 0 Å². The highest BCUT2D eigenvalue weighted by Gasteiger charge is 2.11. The number of fused-ring (bicyclic) bond motifs is 1. The molecule has 0 aliphatic heterocycles. The van der Waals surface area contributed by atoms with Crippen molar-refractivity contribution in [3.05, 3.63) is 47.8 Å². The summed E-state index contributed by atoms with van der Waals surface area (Å²) in [6.07, 6.45) is 1.81. The third-order valence-electron chi connectivity index (χ3n) is 3.11. The molecule has 0 saturated carbocycles. The van der Waals surface area contributed by atoms with Crippen molar-refractivity contribution in [2.75, 3.05) is 5.43 Å². The monoisotopic (exact) mass is 253 g/mol. The van der Waals surface area contributed by atoms with Gasteiger partial charge in [0.15, 0.2) is 5.65 Å². The van der Waals surface area contributed by atoms with Gasteiger partial charge in [0.1, 0.15) is 5.82 Å². The second kappa shape index (κ2) is 4.37. The van der Waals surface area contributed by atoms with Gasteiger partial charge < -0.3 is 5.43 Å². The second-order valence-corrected chi connectivity index (χ2v) is 4.59. The van der Waals surface area contributed by atoms with Gasteiger partial charge in [0.05, 0.1) is 6.20 Å². The number of aromatic nitrogens is 3. The van der Waals surface area contributed by atoms with Crippen LogP contribution in [0, 0.1) is 13.8 Å². The Kier molecular flexibility index (Phi) is 2.68. The van der Waals surface area contributed by atoms with E-state index < -0.39 is 0 Å². The minimum atomic E-state index is 0.723. The molecule has 3 rings (SSSR count). The lowest BCUT2D eigenvalue weighted by molar-refractivity contribution is 0.927. The second-order valence-electron chi connectivity index (χ2n) is 4.59. The van der Waals surface area contributed by atoms with Crippen molar-refractivity contribution in [3.63, 3.8) is 0 Å². The fourth-order valence-electron chi connectivity index (χ4n) is 2.12. The number of aryl methyl sites for hydroxylation is 2. The summed E-state index contributed by atoms with van der Waals surface area (Å²) < 4.78 is 1.71. The topological polar surface area (TPSA) is 68.2 Å². The molecule has 2 aromatic heterocycles. The summed E-state index contributed by atoms with van der Waals surface area (Å²) in [4.78, 5) is 4.55. The molecule has 0 saturated heterocycles. The lowest BCUT2D eigenvalue weighted by atomic mass is 10.1. The van der Waals surface area contributed by atoms with E-state index in [1.807, 2.05) is 19.2 Å². The van der Waals surface area contributed by atoms with Crippen molar-refractivity contribution in [3.8, 4) is 11.1 Å². The highest BCUT2D eigenvalue weighted by Crippen LogP contribution is 2.25. The summed E-state index contributed by atoms with van der Waals surface area (Å²) in [6, 6.07) is 10.2. The maximum absolute atomic E-state index is 5.51. The summed E-state index contributed by atoms with van der Waals surface area (Å²) in [5.41, 5.74) is 7.67. The van der Waals surface area contributed by atoms with E-state index in [9.17, 15) is 0 Å². The fraction of sp³-hybridized carbons (Fsp3) is 0.143. The third kappa shape index (κ3) is 1.94. The zero-order chi connectivity index (χ0) is 13.4. The molecule has 0 radical (unpaired) electrons. The zero-order valence-electron chi connectivity index (χ0n) is 10.9. The summed E-state index contributed by atoms with van der Waals surface area (Å²) >= 11 is 0. The molecule has 3 aromatic rings. The fourth-order valence-corrected chi connectivity index (χ4v) is 2.12. The van der Waals surface area contributed by atoms with Crippen LogP contribution in [0.3, 0.4) is 0 Å². The molecular formula is C14H15N5. The molecule has 0 amide bonds. The molecule has 3 N–H and O–H groups in total. The lowest BCUT2D eigenvalue weighted by Crippen LogP contribution is -2.12. The predicted molar refractivity (Wildman–Crippen MR) is 75.7 cm³/mol. The van der Waals surface area contributed by atoms with Crippen LogP contribution in [-0.2, 0) is 0 Å². The first kappa shape index (κ1) is 11.7. The van der Waals surface area contributed by atoms with Gasteiger partial charge in [0, 0.05) is 17.3 Å². The standard InChI is InChI=1S/C14H15N5/c1-9-3-5-11(6-4-9)12-8-16-19-13(18-15)7-10(2)17-14(12)19/h3-8,18H,15H2,1-2H3. The predicted octanol–water partition coefficient (Wildman–Crippen LogP) is 2.30. The van der Waals surface area contributed by atoms with E-state index in [0.717, 1.165) is 28.3 Å². The summed E-state index contributed by atoms with van der Waals surface area (Å²) in [7, 11) is 0. The largest absolute Gasteiger partial charge is 0.308 e. The van der Waals surface area contributed by atoms with Gasteiger partial charge in [-0.3, -0.25) is 0 Å². The van der Waals surface area contributed by atoms with Crippen LogP contribution in [0.1, 0.15) is 11.3 Å². The number of hydrazine groups is 1. The molecule has 0 fully saturated rings. The molecule has 1 aromatic carbocycles. The molecule has 19 heavy (non-hydrogen) atoms. The first-order valence-electron chi connectivity index (χ1n) is 6.08. The number of hydrogen-bond acceptors (Lipinski definition) is 4. The van der Waals surface area contributed by atoms with E-state index >= 15 is 0 Å². The van der Waals surface area contributed by atoms with E-state index in [1.54, 1.807) is 4.52 Å². The van der Waals surface area contributed by atoms with E-state index in [4.69, 9.17) is 5.84 Å². The van der Waals surface area contributed by atoms with Crippen LogP contribution in [0.2, 0.25) is 0 Å². The molecule has 2 heterocycles. The minimum absolute atomic E-state index is 0.723. The molecule has 0 bridgehead atoms. The molecule has 0 aliphatic carbocycles. The Balaban J connectivity index is 2.25. The molecule has 0 spiro atoms. The number of nitrogen functional groups attached to an aromatic ring is 1. The molecule has 0 unspecified atom stereocenters. The average Bonchev–Trinajstić information content (AvgIpc) is 2.82. The smallest absolute Gasteiger partial charge is 0.165 e. The highest BCUT2D eigenvalue weighted by molar-refractivity contribution is 5.78. The Labute approximate surface area is 111 Å². The Bertz CT molecular complexity index is 727. The van der Waals surface area contributed by atoms with Gasteiger partial charge in [-0.05, 0) is 19.4 Å². The van der Waals surface area contributed by atoms with Crippen LogP contribution in [0.15, 0.2) is 36.5 Å². The SMILES string of the molecule is Cc1ccc(-c2cnn3c(NN)cc(C)nc23)cc1. The molecule has 0 atom stereocenters. The summed E-state index contributed by atoms with van der Waals surface area (Å²) in [5.74, 6) is 6.24. The molecule has 96 valence electrons. The van der Waals surface area contributed by atoms with Crippen LogP contribution in [0.4, 0.5) is 5.82 Å². The number of anilines is 1.